The Morgan fingerprint density at radius 1 is 1.36 bits per heavy atom. The Balaban J connectivity index is 1.54. The van der Waals surface area contributed by atoms with Gasteiger partial charge in [0.25, 0.3) is 5.91 Å². The Bertz CT molecular complexity index is 802. The molecular formula is C16H16F2N4O3. The Morgan fingerprint density at radius 3 is 2.84 bits per heavy atom. The second-order valence-corrected chi connectivity index (χ2v) is 6.10. The highest BCUT2D eigenvalue weighted by atomic mass is 19.1. The van der Waals surface area contributed by atoms with Crippen molar-refractivity contribution >= 4 is 5.91 Å². The van der Waals surface area contributed by atoms with Crippen molar-refractivity contribution in [2.75, 3.05) is 20.2 Å². The van der Waals surface area contributed by atoms with Gasteiger partial charge >= 0.3 is 0 Å². The molecule has 7 nitrogen and oxygen atoms in total. The van der Waals surface area contributed by atoms with Gasteiger partial charge in [0, 0.05) is 18.7 Å². The molecule has 0 unspecified atom stereocenters. The number of nitrogens with zero attached hydrogens (tertiary/aromatic N) is 4. The van der Waals surface area contributed by atoms with Crippen LogP contribution in [0.15, 0.2) is 18.3 Å². The summed E-state index contributed by atoms with van der Waals surface area (Å²) in [6, 6.07) is 2.00. The molecule has 25 heavy (non-hydrogen) atoms. The van der Waals surface area contributed by atoms with E-state index in [1.54, 1.807) is 11.1 Å². The summed E-state index contributed by atoms with van der Waals surface area (Å²) < 4.78 is 40.0. The first-order valence-electron chi connectivity index (χ1n) is 7.91. The zero-order valence-electron chi connectivity index (χ0n) is 13.5. The second kappa shape index (κ2) is 6.07. The molecule has 0 radical (unpaired) electrons. The number of benzene rings is 1. The molecule has 9 heteroatoms. The van der Waals surface area contributed by atoms with Gasteiger partial charge in [0.05, 0.1) is 37.8 Å². The summed E-state index contributed by atoms with van der Waals surface area (Å²) in [5, 5.41) is 7.97. The van der Waals surface area contributed by atoms with E-state index in [1.165, 1.54) is 7.11 Å². The van der Waals surface area contributed by atoms with Crippen molar-refractivity contribution in [1.29, 1.82) is 0 Å². The first kappa shape index (κ1) is 15.9. The van der Waals surface area contributed by atoms with Crippen molar-refractivity contribution in [1.82, 2.24) is 19.9 Å². The van der Waals surface area contributed by atoms with Crippen molar-refractivity contribution in [2.24, 2.45) is 0 Å². The average molecular weight is 350 g/mol. The highest BCUT2D eigenvalue weighted by Gasteiger charge is 2.38. The second-order valence-electron chi connectivity index (χ2n) is 6.10. The molecule has 0 spiro atoms. The molecule has 1 fully saturated rings. The topological polar surface area (TPSA) is 69.5 Å². The van der Waals surface area contributed by atoms with Crippen LogP contribution in [0.25, 0.3) is 0 Å². The fourth-order valence-corrected chi connectivity index (χ4v) is 3.43. The maximum atomic E-state index is 13.9. The number of aromatic nitrogens is 3. The van der Waals surface area contributed by atoms with E-state index >= 15 is 0 Å². The Morgan fingerprint density at radius 2 is 2.12 bits per heavy atom. The van der Waals surface area contributed by atoms with Crippen molar-refractivity contribution in [3.05, 3.63) is 41.2 Å². The molecule has 2 aliphatic rings. The average Bonchev–Trinajstić information content (AvgIpc) is 3.09. The predicted molar refractivity (Wildman–Crippen MR) is 81.1 cm³/mol. The van der Waals surface area contributed by atoms with Crippen molar-refractivity contribution in [3.8, 4) is 5.75 Å². The van der Waals surface area contributed by atoms with Crippen molar-refractivity contribution in [3.63, 3.8) is 0 Å². The van der Waals surface area contributed by atoms with Crippen LogP contribution in [0.5, 0.6) is 5.75 Å². The van der Waals surface area contributed by atoms with Crippen LogP contribution in [0.4, 0.5) is 8.78 Å². The summed E-state index contributed by atoms with van der Waals surface area (Å²) in [6.07, 6.45) is 2.07. The van der Waals surface area contributed by atoms with E-state index in [-0.39, 0.29) is 17.7 Å². The third-order valence-electron chi connectivity index (χ3n) is 4.67. The molecule has 1 aromatic carbocycles. The highest BCUT2D eigenvalue weighted by Crippen LogP contribution is 2.31. The van der Waals surface area contributed by atoms with Gasteiger partial charge in [0.15, 0.2) is 17.4 Å². The number of carbonyl (C=O) groups excluding carboxylic acids is 1. The van der Waals surface area contributed by atoms with Gasteiger partial charge in [-0.3, -0.25) is 4.79 Å². The minimum atomic E-state index is -0.901. The third kappa shape index (κ3) is 2.64. The minimum Gasteiger partial charge on any atom is -0.491 e. The number of likely N-dealkylation sites (tertiary alicyclic amines) is 1. The van der Waals surface area contributed by atoms with Crippen LogP contribution >= 0.6 is 0 Å². The molecule has 3 heterocycles. The zero-order valence-corrected chi connectivity index (χ0v) is 13.5. The Labute approximate surface area is 142 Å². The monoisotopic (exact) mass is 350 g/mol. The molecule has 4 rings (SSSR count). The summed E-state index contributed by atoms with van der Waals surface area (Å²) in [5.74, 6) is -2.74. The smallest absolute Gasteiger partial charge is 0.254 e. The van der Waals surface area contributed by atoms with Crippen LogP contribution in [0.3, 0.4) is 0 Å². The highest BCUT2D eigenvalue weighted by molar-refractivity contribution is 5.94. The lowest BCUT2D eigenvalue weighted by atomic mass is 9.99. The van der Waals surface area contributed by atoms with E-state index in [0.717, 1.165) is 17.8 Å². The third-order valence-corrected chi connectivity index (χ3v) is 4.67. The molecule has 0 saturated carbocycles. The number of carbonyl (C=O) groups is 1. The maximum Gasteiger partial charge on any atom is 0.254 e. The van der Waals surface area contributed by atoms with Gasteiger partial charge in [-0.1, -0.05) is 5.21 Å². The standard InChI is InChI=1S/C16H16F2N4O3/c1-24-15-11(17)4-9(5-12(15)18)16(23)21-3-2-13-14(7-21)25-8-10-6-19-20-22(10)13/h4-6,13-14H,2-3,7-8H2,1H3/t13-,14-/m1/s1. The number of ether oxygens (including phenoxy) is 2. The summed E-state index contributed by atoms with van der Waals surface area (Å²) in [6.45, 7) is 1.15. The Hall–Kier alpha value is -2.55. The van der Waals surface area contributed by atoms with Crippen LogP contribution in [-0.2, 0) is 11.3 Å². The van der Waals surface area contributed by atoms with Gasteiger partial charge in [-0.25, -0.2) is 13.5 Å². The maximum absolute atomic E-state index is 13.9. The first-order chi connectivity index (χ1) is 12.1. The zero-order chi connectivity index (χ0) is 17.6. The van der Waals surface area contributed by atoms with Crippen LogP contribution < -0.4 is 4.74 Å². The summed E-state index contributed by atoms with van der Waals surface area (Å²) >= 11 is 0. The fourth-order valence-electron chi connectivity index (χ4n) is 3.43. The molecule has 2 aromatic rings. The van der Waals surface area contributed by atoms with Gasteiger partial charge in [0.2, 0.25) is 0 Å². The first-order valence-corrected chi connectivity index (χ1v) is 7.91. The van der Waals surface area contributed by atoms with Crippen molar-refractivity contribution < 1.29 is 23.0 Å². The van der Waals surface area contributed by atoms with Gasteiger partial charge in [-0.05, 0) is 18.6 Å². The van der Waals surface area contributed by atoms with Crippen molar-refractivity contribution in [2.45, 2.75) is 25.2 Å². The molecule has 1 amide bonds. The van der Waals surface area contributed by atoms with E-state index in [1.807, 2.05) is 4.68 Å². The number of halogens is 2. The molecule has 0 bridgehead atoms. The SMILES string of the molecule is COc1c(F)cc(C(=O)N2CC[C@@H]3[C@@H](C2)OCc2cnnn23)cc1F. The van der Waals surface area contributed by atoms with E-state index in [9.17, 15) is 13.6 Å². The number of methoxy groups -OCH3 is 1. The lowest BCUT2D eigenvalue weighted by molar-refractivity contribution is -0.0627. The van der Waals surface area contributed by atoms with E-state index in [0.29, 0.717) is 26.1 Å². The minimum absolute atomic E-state index is 0.0136. The van der Waals surface area contributed by atoms with E-state index in [4.69, 9.17) is 4.74 Å². The number of rotatable bonds is 2. The molecule has 0 aliphatic carbocycles. The molecular weight excluding hydrogens is 334 g/mol. The fraction of sp³-hybridized carbons (Fsp3) is 0.438. The molecule has 1 aromatic heterocycles. The number of amides is 1. The van der Waals surface area contributed by atoms with Crippen LogP contribution in [0.1, 0.15) is 28.5 Å². The summed E-state index contributed by atoms with van der Waals surface area (Å²) in [4.78, 5) is 14.2. The molecule has 2 aliphatic heterocycles. The normalized spacial score (nSPS) is 22.3. The number of hydrogen-bond donors (Lipinski definition) is 0. The quantitative estimate of drug-likeness (QED) is 0.822. The Kier molecular flexibility index (Phi) is 3.87. The van der Waals surface area contributed by atoms with Crippen LogP contribution in [0, 0.1) is 11.6 Å². The number of hydrogen-bond acceptors (Lipinski definition) is 5. The van der Waals surface area contributed by atoms with Gasteiger partial charge in [-0.2, -0.15) is 0 Å². The molecule has 1 saturated heterocycles. The number of piperidine rings is 1. The summed E-state index contributed by atoms with van der Waals surface area (Å²) in [7, 11) is 1.17. The lowest BCUT2D eigenvalue weighted by Crippen LogP contribution is -2.50. The van der Waals surface area contributed by atoms with Gasteiger partial charge in [-0.15, -0.1) is 5.10 Å². The molecule has 132 valence electrons. The van der Waals surface area contributed by atoms with E-state index < -0.39 is 23.3 Å². The predicted octanol–water partition coefficient (Wildman–Crippen LogP) is 1.55. The van der Waals surface area contributed by atoms with E-state index in [2.05, 4.69) is 15.0 Å². The molecule has 2 atom stereocenters. The van der Waals surface area contributed by atoms with Gasteiger partial charge in [0.1, 0.15) is 0 Å². The largest absolute Gasteiger partial charge is 0.491 e. The summed E-state index contributed by atoms with van der Waals surface area (Å²) in [5.41, 5.74) is 0.854. The van der Waals surface area contributed by atoms with Crippen LogP contribution in [0.2, 0.25) is 0 Å². The molecule has 0 N–H and O–H groups in total. The van der Waals surface area contributed by atoms with Crippen LogP contribution in [-0.4, -0.2) is 52.1 Å². The van der Waals surface area contributed by atoms with Gasteiger partial charge < -0.3 is 14.4 Å². The number of fused-ring (bicyclic) bond motifs is 3. The lowest BCUT2D eigenvalue weighted by Gasteiger charge is -2.41.